The number of ether oxygens (including phenoxy) is 1. The normalized spacial score (nSPS) is 12.0. The quantitative estimate of drug-likeness (QED) is 0.717. The molecule has 7 heteroatoms. The van der Waals surface area contributed by atoms with Crippen molar-refractivity contribution in [3.8, 4) is 5.75 Å². The first-order chi connectivity index (χ1) is 10.3. The number of halogens is 2. The summed E-state index contributed by atoms with van der Waals surface area (Å²) in [6, 6.07) is 2.89. The average molecular weight is 314 g/mol. The summed E-state index contributed by atoms with van der Waals surface area (Å²) in [5.41, 5.74) is 5.00. The van der Waals surface area contributed by atoms with Crippen molar-refractivity contribution >= 4 is 11.8 Å². The number of rotatable bonds is 8. The minimum absolute atomic E-state index is 0.167. The molecule has 0 heterocycles. The van der Waals surface area contributed by atoms with Crippen LogP contribution in [0.2, 0.25) is 0 Å². The number of carbonyl (C=O) groups excluding carboxylic acids is 2. The van der Waals surface area contributed by atoms with Crippen molar-refractivity contribution in [1.82, 2.24) is 5.32 Å². The summed E-state index contributed by atoms with van der Waals surface area (Å²) in [7, 11) is 0. The highest BCUT2D eigenvalue weighted by atomic mass is 19.1. The van der Waals surface area contributed by atoms with Gasteiger partial charge in [0.05, 0.1) is 0 Å². The van der Waals surface area contributed by atoms with Gasteiger partial charge >= 0.3 is 0 Å². The molecule has 0 spiro atoms. The summed E-state index contributed by atoms with van der Waals surface area (Å²) in [6.07, 6.45) is -0.342. The SMILES string of the molecule is CC(C)[C@H](Oc1ccc(F)cc1F)C(=O)NCCCC(N)=O. The number of carbonyl (C=O) groups is 2. The number of nitrogens with two attached hydrogens (primary N) is 1. The van der Waals surface area contributed by atoms with E-state index in [0.717, 1.165) is 12.1 Å². The summed E-state index contributed by atoms with van der Waals surface area (Å²) in [5, 5.41) is 2.60. The van der Waals surface area contributed by atoms with Crippen molar-refractivity contribution < 1.29 is 23.1 Å². The first-order valence-electron chi connectivity index (χ1n) is 6.99. The second-order valence-corrected chi connectivity index (χ2v) is 5.22. The number of nitrogens with one attached hydrogen (secondary N) is 1. The Morgan fingerprint density at radius 3 is 2.55 bits per heavy atom. The number of hydrogen-bond donors (Lipinski definition) is 2. The standard InChI is InChI=1S/C15H20F2N2O3/c1-9(2)14(15(21)19-7-3-4-13(18)20)22-12-6-5-10(16)8-11(12)17/h5-6,8-9,14H,3-4,7H2,1-2H3,(H2,18,20)(H,19,21)/t14-/m0/s1. The van der Waals surface area contributed by atoms with E-state index in [1.807, 2.05) is 0 Å². The van der Waals surface area contributed by atoms with Crippen molar-refractivity contribution in [3.63, 3.8) is 0 Å². The minimum Gasteiger partial charge on any atom is -0.477 e. The van der Waals surface area contributed by atoms with Crippen LogP contribution in [0.15, 0.2) is 18.2 Å². The van der Waals surface area contributed by atoms with E-state index >= 15 is 0 Å². The Balaban J connectivity index is 2.64. The summed E-state index contributed by atoms with van der Waals surface area (Å²) in [4.78, 5) is 22.7. The fourth-order valence-electron chi connectivity index (χ4n) is 1.77. The molecule has 0 bridgehead atoms. The van der Waals surface area contributed by atoms with Gasteiger partial charge in [-0.15, -0.1) is 0 Å². The van der Waals surface area contributed by atoms with Crippen LogP contribution in [0.3, 0.4) is 0 Å². The third kappa shape index (κ3) is 5.67. The van der Waals surface area contributed by atoms with Crippen LogP contribution in [0.25, 0.3) is 0 Å². The maximum Gasteiger partial charge on any atom is 0.261 e. The molecule has 0 aliphatic rings. The van der Waals surface area contributed by atoms with E-state index in [1.165, 1.54) is 0 Å². The molecule has 2 amide bonds. The summed E-state index contributed by atoms with van der Waals surface area (Å²) in [5.74, 6) is -2.87. The van der Waals surface area contributed by atoms with Gasteiger partial charge in [-0.2, -0.15) is 0 Å². The molecule has 1 atom stereocenters. The number of amides is 2. The molecular weight excluding hydrogens is 294 g/mol. The van der Waals surface area contributed by atoms with Gasteiger partial charge in [0.1, 0.15) is 5.82 Å². The molecule has 1 aromatic rings. The topological polar surface area (TPSA) is 81.4 Å². The van der Waals surface area contributed by atoms with E-state index in [2.05, 4.69) is 5.32 Å². The molecule has 0 fully saturated rings. The molecular formula is C15H20F2N2O3. The first kappa shape index (κ1) is 17.9. The molecule has 5 nitrogen and oxygen atoms in total. The van der Waals surface area contributed by atoms with Gasteiger partial charge in [0, 0.05) is 19.0 Å². The molecule has 0 aliphatic carbocycles. The summed E-state index contributed by atoms with van der Waals surface area (Å²) >= 11 is 0. The number of benzene rings is 1. The fourth-order valence-corrected chi connectivity index (χ4v) is 1.77. The number of hydrogen-bond acceptors (Lipinski definition) is 3. The fraction of sp³-hybridized carbons (Fsp3) is 0.467. The maximum atomic E-state index is 13.6. The summed E-state index contributed by atoms with van der Waals surface area (Å²) in [6.45, 7) is 3.75. The van der Waals surface area contributed by atoms with Crippen LogP contribution in [0.4, 0.5) is 8.78 Å². The molecule has 0 radical (unpaired) electrons. The lowest BCUT2D eigenvalue weighted by atomic mass is 10.1. The molecule has 0 aromatic heterocycles. The van der Waals surface area contributed by atoms with Gasteiger partial charge in [-0.05, 0) is 24.5 Å². The van der Waals surface area contributed by atoms with Gasteiger partial charge in [-0.3, -0.25) is 9.59 Å². The van der Waals surface area contributed by atoms with Crippen molar-refractivity contribution in [2.45, 2.75) is 32.8 Å². The molecule has 1 aromatic carbocycles. The van der Waals surface area contributed by atoms with Crippen LogP contribution in [-0.2, 0) is 9.59 Å². The molecule has 3 N–H and O–H groups in total. The highest BCUT2D eigenvalue weighted by molar-refractivity contribution is 5.81. The van der Waals surface area contributed by atoms with E-state index in [-0.39, 0.29) is 24.6 Å². The van der Waals surface area contributed by atoms with E-state index in [1.54, 1.807) is 13.8 Å². The zero-order valence-corrected chi connectivity index (χ0v) is 12.6. The first-order valence-corrected chi connectivity index (χ1v) is 6.99. The average Bonchev–Trinajstić information content (AvgIpc) is 2.42. The molecule has 1 rings (SSSR count). The Kier molecular flexibility index (Phi) is 6.75. The zero-order valence-electron chi connectivity index (χ0n) is 12.6. The molecule has 22 heavy (non-hydrogen) atoms. The van der Waals surface area contributed by atoms with E-state index in [0.29, 0.717) is 12.5 Å². The van der Waals surface area contributed by atoms with Crippen molar-refractivity contribution in [2.75, 3.05) is 6.54 Å². The Labute approximate surface area is 127 Å². The Morgan fingerprint density at radius 2 is 2.00 bits per heavy atom. The molecule has 122 valence electrons. The van der Waals surface area contributed by atoms with Gasteiger partial charge in [-0.1, -0.05) is 13.8 Å². The van der Waals surface area contributed by atoms with Crippen LogP contribution >= 0.6 is 0 Å². The highest BCUT2D eigenvalue weighted by Crippen LogP contribution is 2.21. The van der Waals surface area contributed by atoms with Crippen molar-refractivity contribution in [3.05, 3.63) is 29.8 Å². The lowest BCUT2D eigenvalue weighted by Gasteiger charge is -2.22. The molecule has 0 saturated carbocycles. The smallest absolute Gasteiger partial charge is 0.261 e. The van der Waals surface area contributed by atoms with Crippen LogP contribution in [0.5, 0.6) is 5.75 Å². The Bertz CT molecular complexity index is 536. The van der Waals surface area contributed by atoms with E-state index in [4.69, 9.17) is 10.5 Å². The summed E-state index contributed by atoms with van der Waals surface area (Å²) < 4.78 is 31.8. The predicted octanol–water partition coefficient (Wildman–Crippen LogP) is 1.75. The molecule has 0 aliphatic heterocycles. The number of primary amides is 1. The van der Waals surface area contributed by atoms with Gasteiger partial charge in [0.15, 0.2) is 17.7 Å². The molecule has 0 unspecified atom stereocenters. The second-order valence-electron chi connectivity index (χ2n) is 5.22. The van der Waals surface area contributed by atoms with Gasteiger partial charge in [0.2, 0.25) is 5.91 Å². The highest BCUT2D eigenvalue weighted by Gasteiger charge is 2.25. The van der Waals surface area contributed by atoms with Crippen LogP contribution in [0.1, 0.15) is 26.7 Å². The third-order valence-corrected chi connectivity index (χ3v) is 2.91. The second kappa shape index (κ2) is 8.31. The van der Waals surface area contributed by atoms with Crippen LogP contribution in [-0.4, -0.2) is 24.5 Å². The van der Waals surface area contributed by atoms with Gasteiger partial charge in [-0.25, -0.2) is 8.78 Å². The largest absolute Gasteiger partial charge is 0.477 e. The molecule has 0 saturated heterocycles. The van der Waals surface area contributed by atoms with Gasteiger partial charge in [0.25, 0.3) is 5.91 Å². The van der Waals surface area contributed by atoms with Crippen molar-refractivity contribution in [1.29, 1.82) is 0 Å². The van der Waals surface area contributed by atoms with Crippen molar-refractivity contribution in [2.24, 2.45) is 11.7 Å². The Hall–Kier alpha value is -2.18. The minimum atomic E-state index is -0.923. The van der Waals surface area contributed by atoms with Gasteiger partial charge < -0.3 is 15.8 Å². The zero-order chi connectivity index (χ0) is 16.7. The maximum absolute atomic E-state index is 13.6. The van der Waals surface area contributed by atoms with E-state index < -0.39 is 29.6 Å². The monoisotopic (exact) mass is 314 g/mol. The van der Waals surface area contributed by atoms with Crippen LogP contribution in [0, 0.1) is 17.6 Å². The third-order valence-electron chi connectivity index (χ3n) is 2.91. The van der Waals surface area contributed by atoms with E-state index in [9.17, 15) is 18.4 Å². The Morgan fingerprint density at radius 1 is 1.32 bits per heavy atom. The lowest BCUT2D eigenvalue weighted by molar-refractivity contribution is -0.130. The lowest BCUT2D eigenvalue weighted by Crippen LogP contribution is -2.42. The van der Waals surface area contributed by atoms with Crippen LogP contribution < -0.4 is 15.8 Å². The predicted molar refractivity (Wildman–Crippen MR) is 77.1 cm³/mol.